The predicted molar refractivity (Wildman–Crippen MR) is 122 cm³/mol. The van der Waals surface area contributed by atoms with E-state index in [-0.39, 0.29) is 29.4 Å². The van der Waals surface area contributed by atoms with Gasteiger partial charge in [0.05, 0.1) is 19.9 Å². The lowest BCUT2D eigenvalue weighted by atomic mass is 10.1. The van der Waals surface area contributed by atoms with Crippen molar-refractivity contribution in [3.63, 3.8) is 0 Å². The van der Waals surface area contributed by atoms with Crippen LogP contribution in [0.5, 0.6) is 17.2 Å². The molecule has 0 aliphatic rings. The number of methoxy groups -OCH3 is 2. The SMILES string of the molecule is COc1cc(C(=O)Nc2nc(-c3ccc(SC)cc3)cs2)cc(OC)c1OCC(N)=O. The van der Waals surface area contributed by atoms with Gasteiger partial charge in [-0.15, -0.1) is 23.1 Å². The Morgan fingerprint density at radius 3 is 2.32 bits per heavy atom. The fraction of sp³-hybridized carbons (Fsp3) is 0.190. The van der Waals surface area contributed by atoms with Gasteiger partial charge in [0.2, 0.25) is 5.75 Å². The molecule has 3 aromatic rings. The number of nitrogens with one attached hydrogen (secondary N) is 1. The van der Waals surface area contributed by atoms with Crippen LogP contribution in [-0.2, 0) is 4.79 Å². The maximum Gasteiger partial charge on any atom is 0.257 e. The topological polar surface area (TPSA) is 113 Å². The van der Waals surface area contributed by atoms with E-state index in [0.29, 0.717) is 5.13 Å². The maximum atomic E-state index is 12.8. The minimum Gasteiger partial charge on any atom is -0.493 e. The Morgan fingerprint density at radius 2 is 1.77 bits per heavy atom. The van der Waals surface area contributed by atoms with Crippen LogP contribution in [0.1, 0.15) is 10.4 Å². The van der Waals surface area contributed by atoms with Crippen molar-refractivity contribution in [1.82, 2.24) is 4.98 Å². The Labute approximate surface area is 187 Å². The average molecular weight is 460 g/mol. The number of primary amides is 1. The molecule has 0 spiro atoms. The molecule has 162 valence electrons. The van der Waals surface area contributed by atoms with Crippen LogP contribution in [0.25, 0.3) is 11.3 Å². The molecule has 0 atom stereocenters. The number of nitrogens with two attached hydrogens (primary N) is 1. The summed E-state index contributed by atoms with van der Waals surface area (Å²) in [6.45, 7) is -0.349. The maximum absolute atomic E-state index is 12.8. The molecule has 8 nitrogen and oxygen atoms in total. The fourth-order valence-electron chi connectivity index (χ4n) is 2.69. The van der Waals surface area contributed by atoms with Crippen molar-refractivity contribution in [2.24, 2.45) is 5.73 Å². The summed E-state index contributed by atoms with van der Waals surface area (Å²) in [6, 6.07) is 11.0. The summed E-state index contributed by atoms with van der Waals surface area (Å²) >= 11 is 2.99. The van der Waals surface area contributed by atoms with Crippen molar-refractivity contribution in [3.8, 4) is 28.5 Å². The molecule has 1 heterocycles. The lowest BCUT2D eigenvalue weighted by molar-refractivity contribution is -0.120. The number of hydrogen-bond acceptors (Lipinski definition) is 8. The number of benzene rings is 2. The summed E-state index contributed by atoms with van der Waals surface area (Å²) in [5.41, 5.74) is 7.15. The largest absolute Gasteiger partial charge is 0.493 e. The number of hydrogen-bond donors (Lipinski definition) is 2. The zero-order chi connectivity index (χ0) is 22.4. The van der Waals surface area contributed by atoms with Gasteiger partial charge in [-0.2, -0.15) is 0 Å². The molecule has 0 unspecified atom stereocenters. The number of thioether (sulfide) groups is 1. The molecular weight excluding hydrogens is 438 g/mol. The van der Waals surface area contributed by atoms with Gasteiger partial charge < -0.3 is 19.9 Å². The molecule has 0 bridgehead atoms. The van der Waals surface area contributed by atoms with Gasteiger partial charge in [0, 0.05) is 21.4 Å². The van der Waals surface area contributed by atoms with E-state index < -0.39 is 11.8 Å². The van der Waals surface area contributed by atoms with Crippen molar-refractivity contribution in [3.05, 3.63) is 47.3 Å². The van der Waals surface area contributed by atoms with Crippen molar-refractivity contribution in [1.29, 1.82) is 0 Å². The van der Waals surface area contributed by atoms with Gasteiger partial charge in [-0.3, -0.25) is 14.9 Å². The molecule has 0 radical (unpaired) electrons. The first-order chi connectivity index (χ1) is 14.9. The molecule has 0 saturated carbocycles. The van der Waals surface area contributed by atoms with Crippen LogP contribution < -0.4 is 25.3 Å². The summed E-state index contributed by atoms with van der Waals surface area (Å²) in [5, 5.41) is 5.12. The predicted octanol–water partition coefficient (Wildman–Crippen LogP) is 3.67. The van der Waals surface area contributed by atoms with Gasteiger partial charge in [0.25, 0.3) is 11.8 Å². The van der Waals surface area contributed by atoms with E-state index in [1.54, 1.807) is 11.8 Å². The quantitative estimate of drug-likeness (QED) is 0.470. The number of ether oxygens (including phenoxy) is 3. The molecule has 31 heavy (non-hydrogen) atoms. The Hall–Kier alpha value is -3.24. The van der Waals surface area contributed by atoms with E-state index in [1.165, 1.54) is 42.6 Å². The molecule has 0 aliphatic carbocycles. The summed E-state index contributed by atoms with van der Waals surface area (Å²) in [7, 11) is 2.84. The molecule has 3 rings (SSSR count). The van der Waals surface area contributed by atoms with Crippen molar-refractivity contribution in [2.75, 3.05) is 32.4 Å². The Kier molecular flexibility index (Phi) is 7.37. The van der Waals surface area contributed by atoms with Crippen LogP contribution in [0, 0.1) is 0 Å². The van der Waals surface area contributed by atoms with Crippen LogP contribution in [0.3, 0.4) is 0 Å². The van der Waals surface area contributed by atoms with Gasteiger partial charge in [0.15, 0.2) is 23.2 Å². The number of aromatic nitrogens is 1. The summed E-state index contributed by atoms with van der Waals surface area (Å²) in [6.07, 6.45) is 2.02. The molecule has 0 aliphatic heterocycles. The van der Waals surface area contributed by atoms with Gasteiger partial charge in [-0.25, -0.2) is 4.98 Å². The summed E-state index contributed by atoms with van der Waals surface area (Å²) < 4.78 is 15.9. The third-order valence-corrected chi connectivity index (χ3v) is 5.69. The fourth-order valence-corrected chi connectivity index (χ4v) is 3.81. The molecule has 1 aromatic heterocycles. The van der Waals surface area contributed by atoms with E-state index in [2.05, 4.69) is 10.3 Å². The molecule has 2 amide bonds. The first kappa shape index (κ1) is 22.4. The van der Waals surface area contributed by atoms with Crippen LogP contribution in [0.15, 0.2) is 46.7 Å². The van der Waals surface area contributed by atoms with Crippen molar-refractivity contribution >= 4 is 40.0 Å². The number of thiazole rings is 1. The first-order valence-corrected chi connectivity index (χ1v) is 11.1. The van der Waals surface area contributed by atoms with Gasteiger partial charge in [-0.05, 0) is 30.5 Å². The van der Waals surface area contributed by atoms with Gasteiger partial charge in [-0.1, -0.05) is 12.1 Å². The minimum atomic E-state index is -0.645. The van der Waals surface area contributed by atoms with Gasteiger partial charge >= 0.3 is 0 Å². The summed E-state index contributed by atoms with van der Waals surface area (Å²) in [5.74, 6) is -0.380. The standard InChI is InChI=1S/C21H21N3O5S2/c1-27-16-8-13(9-17(28-2)19(16)29-10-18(22)25)20(26)24-21-23-15(11-31-21)12-4-6-14(30-3)7-5-12/h4-9,11H,10H2,1-3H3,(H2,22,25)(H,23,24,26). The highest BCUT2D eigenvalue weighted by atomic mass is 32.2. The third kappa shape index (κ3) is 5.47. The highest BCUT2D eigenvalue weighted by Gasteiger charge is 2.19. The number of carbonyl (C=O) groups is 2. The van der Waals surface area contributed by atoms with Crippen LogP contribution in [0.4, 0.5) is 5.13 Å². The Balaban J connectivity index is 1.80. The van der Waals surface area contributed by atoms with E-state index in [0.717, 1.165) is 11.3 Å². The van der Waals surface area contributed by atoms with Crippen LogP contribution in [-0.4, -0.2) is 43.9 Å². The molecule has 10 heteroatoms. The van der Waals surface area contributed by atoms with Crippen molar-refractivity contribution < 1.29 is 23.8 Å². The number of nitrogens with zero attached hydrogens (tertiary/aromatic N) is 1. The number of carbonyl (C=O) groups excluding carboxylic acids is 2. The van der Waals surface area contributed by atoms with E-state index in [4.69, 9.17) is 19.9 Å². The zero-order valence-corrected chi connectivity index (χ0v) is 18.8. The summed E-state index contributed by atoms with van der Waals surface area (Å²) in [4.78, 5) is 29.5. The van der Waals surface area contributed by atoms with Crippen LogP contribution in [0.2, 0.25) is 0 Å². The zero-order valence-electron chi connectivity index (χ0n) is 17.1. The smallest absolute Gasteiger partial charge is 0.257 e. The van der Waals surface area contributed by atoms with E-state index >= 15 is 0 Å². The minimum absolute atomic E-state index is 0.186. The monoisotopic (exact) mass is 459 g/mol. The molecule has 0 saturated heterocycles. The average Bonchev–Trinajstić information content (AvgIpc) is 3.25. The first-order valence-electron chi connectivity index (χ1n) is 9.03. The molecule has 0 fully saturated rings. The number of rotatable bonds is 9. The van der Waals surface area contributed by atoms with Gasteiger partial charge in [0.1, 0.15) is 0 Å². The molecule has 2 aromatic carbocycles. The second-order valence-corrected chi connectivity index (χ2v) is 7.92. The lowest BCUT2D eigenvalue weighted by Gasteiger charge is -2.15. The Bertz CT molecular complexity index is 1060. The lowest BCUT2D eigenvalue weighted by Crippen LogP contribution is -2.20. The van der Waals surface area contributed by atoms with E-state index in [9.17, 15) is 9.59 Å². The second-order valence-electron chi connectivity index (χ2n) is 6.19. The van der Waals surface area contributed by atoms with Crippen LogP contribution >= 0.6 is 23.1 Å². The number of anilines is 1. The molecule has 3 N–H and O–H groups in total. The van der Waals surface area contributed by atoms with Crippen molar-refractivity contribution in [2.45, 2.75) is 4.90 Å². The highest BCUT2D eigenvalue weighted by molar-refractivity contribution is 7.98. The second kappa shape index (κ2) is 10.2. The third-order valence-electron chi connectivity index (χ3n) is 4.19. The molecular formula is C21H21N3O5S2. The highest BCUT2D eigenvalue weighted by Crippen LogP contribution is 2.39. The normalized spacial score (nSPS) is 10.4. The van der Waals surface area contributed by atoms with E-state index in [1.807, 2.05) is 35.9 Å². The Morgan fingerprint density at radius 1 is 1.13 bits per heavy atom. The number of amides is 2.